The molecule has 0 saturated heterocycles. The first-order valence-corrected chi connectivity index (χ1v) is 7.23. The quantitative estimate of drug-likeness (QED) is 0.847. The van der Waals surface area contributed by atoms with Crippen molar-refractivity contribution in [1.29, 1.82) is 0 Å². The van der Waals surface area contributed by atoms with Crippen molar-refractivity contribution >= 4 is 17.2 Å². The Morgan fingerprint density at radius 1 is 1.16 bits per heavy atom. The summed E-state index contributed by atoms with van der Waals surface area (Å²) in [4.78, 5) is 13.2. The molecule has 1 heterocycles. The number of rotatable bonds is 6. The van der Waals surface area contributed by atoms with Gasteiger partial charge in [0, 0.05) is 18.0 Å². The highest BCUT2D eigenvalue weighted by Crippen LogP contribution is 2.09. The van der Waals surface area contributed by atoms with Crippen LogP contribution in [0.25, 0.3) is 0 Å². The van der Waals surface area contributed by atoms with Gasteiger partial charge in [-0.2, -0.15) is 0 Å². The van der Waals surface area contributed by atoms with Crippen molar-refractivity contribution < 1.29 is 4.79 Å². The molecule has 0 unspecified atom stereocenters. The van der Waals surface area contributed by atoms with E-state index in [1.165, 1.54) is 4.88 Å². The highest BCUT2D eigenvalue weighted by atomic mass is 32.1. The van der Waals surface area contributed by atoms with Gasteiger partial charge in [0.25, 0.3) is 0 Å². The van der Waals surface area contributed by atoms with Crippen molar-refractivity contribution in [3.8, 4) is 0 Å². The smallest absolute Gasteiger partial charge is 0.224 e. The Morgan fingerprint density at radius 2 is 1.95 bits per heavy atom. The molecule has 0 radical (unpaired) electrons. The second-order valence-electron chi connectivity index (χ2n) is 4.33. The summed E-state index contributed by atoms with van der Waals surface area (Å²) < 4.78 is 0. The number of hydrogen-bond acceptors (Lipinski definition) is 3. The molecular weight excluding hydrogens is 256 g/mol. The number of carbonyl (C=O) groups is 1. The van der Waals surface area contributed by atoms with Crippen LogP contribution in [-0.2, 0) is 24.2 Å². The summed E-state index contributed by atoms with van der Waals surface area (Å²) in [7, 11) is 0. The standard InChI is InChI=1S/C15H18N2OS/c16-11-13-5-2-1-4-12(13)10-15(18)17-8-7-14-6-3-9-19-14/h1-6,9H,7-8,10-11,16H2,(H,17,18). The molecule has 1 aromatic heterocycles. The Bertz CT molecular complexity index is 523. The van der Waals surface area contributed by atoms with Gasteiger partial charge in [-0.1, -0.05) is 30.3 Å². The van der Waals surface area contributed by atoms with Crippen LogP contribution >= 0.6 is 11.3 Å². The van der Waals surface area contributed by atoms with E-state index in [1.807, 2.05) is 30.3 Å². The highest BCUT2D eigenvalue weighted by Gasteiger charge is 2.06. The summed E-state index contributed by atoms with van der Waals surface area (Å²) in [6.07, 6.45) is 1.29. The molecule has 0 fully saturated rings. The number of benzene rings is 1. The average molecular weight is 274 g/mol. The van der Waals surface area contributed by atoms with Crippen molar-refractivity contribution in [3.05, 3.63) is 57.8 Å². The summed E-state index contributed by atoms with van der Waals surface area (Å²) in [6.45, 7) is 1.16. The zero-order valence-electron chi connectivity index (χ0n) is 10.8. The number of hydrogen-bond donors (Lipinski definition) is 2. The van der Waals surface area contributed by atoms with E-state index in [9.17, 15) is 4.79 Å². The molecule has 1 amide bonds. The lowest BCUT2D eigenvalue weighted by Crippen LogP contribution is -2.27. The Labute approximate surface area is 117 Å². The summed E-state index contributed by atoms with van der Waals surface area (Å²) >= 11 is 1.72. The van der Waals surface area contributed by atoms with Gasteiger partial charge in [0.05, 0.1) is 6.42 Å². The van der Waals surface area contributed by atoms with Gasteiger partial charge in [-0.3, -0.25) is 4.79 Å². The molecule has 0 aliphatic carbocycles. The van der Waals surface area contributed by atoms with Gasteiger partial charge in [0.1, 0.15) is 0 Å². The van der Waals surface area contributed by atoms with Gasteiger partial charge < -0.3 is 11.1 Å². The summed E-state index contributed by atoms with van der Waals surface area (Å²) in [5.41, 5.74) is 7.71. The van der Waals surface area contributed by atoms with Crippen LogP contribution in [0.5, 0.6) is 0 Å². The van der Waals surface area contributed by atoms with Gasteiger partial charge in [-0.15, -0.1) is 11.3 Å². The molecule has 3 N–H and O–H groups in total. The van der Waals surface area contributed by atoms with Crippen LogP contribution in [0.15, 0.2) is 41.8 Å². The molecule has 2 aromatic rings. The molecule has 19 heavy (non-hydrogen) atoms. The average Bonchev–Trinajstić information content (AvgIpc) is 2.92. The maximum absolute atomic E-state index is 11.9. The molecule has 3 nitrogen and oxygen atoms in total. The number of nitrogens with one attached hydrogen (secondary N) is 1. The maximum atomic E-state index is 11.9. The normalized spacial score (nSPS) is 10.4. The fourth-order valence-corrected chi connectivity index (χ4v) is 2.65. The van der Waals surface area contributed by atoms with E-state index in [0.29, 0.717) is 19.5 Å². The zero-order valence-corrected chi connectivity index (χ0v) is 11.6. The highest BCUT2D eigenvalue weighted by molar-refractivity contribution is 7.09. The van der Waals surface area contributed by atoms with E-state index in [0.717, 1.165) is 17.5 Å². The first kappa shape index (κ1) is 13.8. The van der Waals surface area contributed by atoms with Gasteiger partial charge >= 0.3 is 0 Å². The molecule has 0 aliphatic heterocycles. The van der Waals surface area contributed by atoms with Crippen molar-refractivity contribution in [1.82, 2.24) is 5.32 Å². The van der Waals surface area contributed by atoms with Crippen LogP contribution in [0.2, 0.25) is 0 Å². The Hall–Kier alpha value is -1.65. The van der Waals surface area contributed by atoms with Crippen LogP contribution in [0, 0.1) is 0 Å². The van der Waals surface area contributed by atoms with Crippen molar-refractivity contribution in [2.24, 2.45) is 5.73 Å². The van der Waals surface area contributed by atoms with E-state index < -0.39 is 0 Å². The molecular formula is C15H18N2OS. The minimum atomic E-state index is 0.0532. The van der Waals surface area contributed by atoms with Gasteiger partial charge in [-0.25, -0.2) is 0 Å². The lowest BCUT2D eigenvalue weighted by atomic mass is 10.0. The minimum absolute atomic E-state index is 0.0532. The van der Waals surface area contributed by atoms with Crippen molar-refractivity contribution in [3.63, 3.8) is 0 Å². The lowest BCUT2D eigenvalue weighted by molar-refractivity contribution is -0.120. The van der Waals surface area contributed by atoms with Crippen LogP contribution < -0.4 is 11.1 Å². The lowest BCUT2D eigenvalue weighted by Gasteiger charge is -2.08. The number of nitrogens with two attached hydrogens (primary N) is 1. The number of carbonyl (C=O) groups excluding carboxylic acids is 1. The predicted octanol–water partition coefficient (Wildman–Crippen LogP) is 2.11. The number of thiophene rings is 1. The number of amides is 1. The predicted molar refractivity (Wildman–Crippen MR) is 79.1 cm³/mol. The largest absolute Gasteiger partial charge is 0.355 e. The topological polar surface area (TPSA) is 55.1 Å². The molecule has 0 aliphatic rings. The SMILES string of the molecule is NCc1ccccc1CC(=O)NCCc1cccs1. The maximum Gasteiger partial charge on any atom is 0.224 e. The first-order valence-electron chi connectivity index (χ1n) is 6.35. The zero-order chi connectivity index (χ0) is 13.5. The Morgan fingerprint density at radius 3 is 2.63 bits per heavy atom. The van der Waals surface area contributed by atoms with E-state index in [2.05, 4.69) is 16.8 Å². The van der Waals surface area contributed by atoms with E-state index >= 15 is 0 Å². The van der Waals surface area contributed by atoms with Gasteiger partial charge in [-0.05, 0) is 29.0 Å². The molecule has 0 saturated carbocycles. The van der Waals surface area contributed by atoms with Crippen LogP contribution in [0.1, 0.15) is 16.0 Å². The van der Waals surface area contributed by atoms with Gasteiger partial charge in [0.2, 0.25) is 5.91 Å². The molecule has 1 aromatic carbocycles. The van der Waals surface area contributed by atoms with E-state index in [-0.39, 0.29) is 5.91 Å². The van der Waals surface area contributed by atoms with Crippen LogP contribution in [0.3, 0.4) is 0 Å². The molecule has 4 heteroatoms. The second-order valence-corrected chi connectivity index (χ2v) is 5.36. The third-order valence-corrected chi connectivity index (χ3v) is 3.90. The van der Waals surface area contributed by atoms with E-state index in [4.69, 9.17) is 5.73 Å². The van der Waals surface area contributed by atoms with Crippen molar-refractivity contribution in [2.45, 2.75) is 19.4 Å². The van der Waals surface area contributed by atoms with Crippen LogP contribution in [-0.4, -0.2) is 12.5 Å². The first-order chi connectivity index (χ1) is 9.29. The third kappa shape index (κ3) is 4.19. The summed E-state index contributed by atoms with van der Waals surface area (Å²) in [5.74, 6) is 0.0532. The van der Waals surface area contributed by atoms with Crippen LogP contribution in [0.4, 0.5) is 0 Å². The molecule has 100 valence electrons. The Kier molecular flexibility index (Phi) is 5.12. The third-order valence-electron chi connectivity index (χ3n) is 2.96. The minimum Gasteiger partial charge on any atom is -0.355 e. The summed E-state index contributed by atoms with van der Waals surface area (Å²) in [6, 6.07) is 11.9. The second kappa shape index (κ2) is 7.07. The summed E-state index contributed by atoms with van der Waals surface area (Å²) in [5, 5.41) is 5.00. The molecule has 0 bridgehead atoms. The van der Waals surface area contributed by atoms with E-state index in [1.54, 1.807) is 11.3 Å². The van der Waals surface area contributed by atoms with Gasteiger partial charge in [0.15, 0.2) is 0 Å². The fraction of sp³-hybridized carbons (Fsp3) is 0.267. The molecule has 2 rings (SSSR count). The molecule has 0 spiro atoms. The monoisotopic (exact) mass is 274 g/mol. The Balaban J connectivity index is 1.80. The fourth-order valence-electron chi connectivity index (χ4n) is 1.94. The molecule has 0 atom stereocenters. The van der Waals surface area contributed by atoms with Crippen molar-refractivity contribution in [2.75, 3.05) is 6.54 Å².